The van der Waals surface area contributed by atoms with Crippen LogP contribution in [0.25, 0.3) is 6.08 Å². The third-order valence-electron chi connectivity index (χ3n) is 4.03. The van der Waals surface area contributed by atoms with Crippen LogP contribution in [0.2, 0.25) is 0 Å². The molecule has 2 amide bonds. The molecule has 1 aromatic heterocycles. The van der Waals surface area contributed by atoms with E-state index in [4.69, 9.17) is 0 Å². The summed E-state index contributed by atoms with van der Waals surface area (Å²) >= 11 is 0. The molecule has 0 bridgehead atoms. The molecule has 0 saturated heterocycles. The van der Waals surface area contributed by atoms with Gasteiger partial charge in [-0.2, -0.15) is 0 Å². The molecule has 0 spiro atoms. The Morgan fingerprint density at radius 2 is 2.04 bits per heavy atom. The van der Waals surface area contributed by atoms with Gasteiger partial charge in [0.15, 0.2) is 0 Å². The normalized spacial score (nSPS) is 15.8. The van der Waals surface area contributed by atoms with E-state index in [-0.39, 0.29) is 24.3 Å². The van der Waals surface area contributed by atoms with Crippen LogP contribution < -0.4 is 5.32 Å². The van der Waals surface area contributed by atoms with Crippen LogP contribution in [0.1, 0.15) is 36.1 Å². The average molecular weight is 321 g/mol. The van der Waals surface area contributed by atoms with E-state index in [0.717, 1.165) is 16.7 Å². The Labute approximate surface area is 141 Å². The van der Waals surface area contributed by atoms with Gasteiger partial charge in [0.05, 0.1) is 12.5 Å². The van der Waals surface area contributed by atoms with Gasteiger partial charge < -0.3 is 10.2 Å². The number of fused-ring (bicyclic) bond motifs is 1. The lowest BCUT2D eigenvalue weighted by molar-refractivity contribution is -0.129. The van der Waals surface area contributed by atoms with Crippen molar-refractivity contribution in [2.24, 2.45) is 0 Å². The fraction of sp³-hybridized carbons (Fsp3) is 0.211. The zero-order valence-electron chi connectivity index (χ0n) is 13.7. The summed E-state index contributed by atoms with van der Waals surface area (Å²) in [5, 5.41) is 2.81. The minimum absolute atomic E-state index is 0.0905. The average Bonchev–Trinajstić information content (AvgIpc) is 2.54. The molecule has 5 heteroatoms. The summed E-state index contributed by atoms with van der Waals surface area (Å²) in [5.74, 6) is 0.260. The van der Waals surface area contributed by atoms with Crippen LogP contribution in [-0.2, 0) is 9.59 Å². The highest BCUT2D eigenvalue weighted by molar-refractivity contribution is 5.91. The molecule has 1 N–H and O–H groups in total. The minimum atomic E-state index is -0.312. The molecule has 2 heterocycles. The van der Waals surface area contributed by atoms with E-state index in [1.54, 1.807) is 17.3 Å². The predicted molar refractivity (Wildman–Crippen MR) is 93.0 cm³/mol. The van der Waals surface area contributed by atoms with Gasteiger partial charge in [-0.3, -0.25) is 9.59 Å². The fourth-order valence-electron chi connectivity index (χ4n) is 2.89. The van der Waals surface area contributed by atoms with Crippen molar-refractivity contribution in [3.8, 4) is 0 Å². The number of carbonyl (C=O) groups excluding carboxylic acids is 2. The first-order chi connectivity index (χ1) is 11.5. The maximum absolute atomic E-state index is 12.5. The maximum Gasteiger partial charge on any atom is 0.227 e. The van der Waals surface area contributed by atoms with Crippen molar-refractivity contribution in [1.82, 2.24) is 9.88 Å². The number of rotatable bonds is 3. The summed E-state index contributed by atoms with van der Waals surface area (Å²) in [7, 11) is 0. The van der Waals surface area contributed by atoms with Crippen molar-refractivity contribution in [1.29, 1.82) is 0 Å². The topological polar surface area (TPSA) is 62.3 Å². The highest BCUT2D eigenvalue weighted by Gasteiger charge is 2.28. The third kappa shape index (κ3) is 3.35. The van der Waals surface area contributed by atoms with Crippen LogP contribution in [0.15, 0.2) is 48.8 Å². The second-order valence-electron chi connectivity index (χ2n) is 5.86. The quantitative estimate of drug-likeness (QED) is 0.943. The van der Waals surface area contributed by atoms with Crippen LogP contribution in [0.4, 0.5) is 5.82 Å². The molecular formula is C19H19N3O2. The Morgan fingerprint density at radius 1 is 1.25 bits per heavy atom. The Hall–Kier alpha value is -2.95. The van der Waals surface area contributed by atoms with Crippen molar-refractivity contribution < 1.29 is 9.59 Å². The van der Waals surface area contributed by atoms with Crippen LogP contribution in [0.3, 0.4) is 0 Å². The van der Waals surface area contributed by atoms with Crippen molar-refractivity contribution in [3.63, 3.8) is 0 Å². The van der Waals surface area contributed by atoms with Gasteiger partial charge >= 0.3 is 0 Å². The van der Waals surface area contributed by atoms with Gasteiger partial charge in [0, 0.05) is 19.3 Å². The molecule has 1 aromatic carbocycles. The van der Waals surface area contributed by atoms with E-state index in [2.05, 4.69) is 10.3 Å². The van der Waals surface area contributed by atoms with Gasteiger partial charge in [-0.1, -0.05) is 24.3 Å². The fourth-order valence-corrected chi connectivity index (χ4v) is 2.89. The second-order valence-corrected chi connectivity index (χ2v) is 5.86. The number of nitrogens with one attached hydrogen (secondary N) is 1. The number of pyridine rings is 1. The standard InChI is InChI=1S/C19H19N3O2/c1-13-7-9-20-18(11-13)21-19(24)12-17-16-6-4-3-5-15(16)8-10-22(17)14(2)23/h3-11,17H,12H2,1-2H3,(H,20,21,24). The van der Waals surface area contributed by atoms with Gasteiger partial charge in [0.1, 0.15) is 5.82 Å². The SMILES string of the molecule is CC(=O)N1C=Cc2ccccc2C1CC(=O)Nc1cc(C)ccn1. The number of aromatic nitrogens is 1. The van der Waals surface area contributed by atoms with E-state index in [1.807, 2.05) is 49.4 Å². The number of nitrogens with zero attached hydrogens (tertiary/aromatic N) is 2. The van der Waals surface area contributed by atoms with E-state index < -0.39 is 0 Å². The largest absolute Gasteiger partial charge is 0.311 e. The first-order valence-corrected chi connectivity index (χ1v) is 7.83. The molecule has 2 aromatic rings. The number of hydrogen-bond acceptors (Lipinski definition) is 3. The molecule has 0 radical (unpaired) electrons. The summed E-state index contributed by atoms with van der Waals surface area (Å²) in [5.41, 5.74) is 3.03. The third-order valence-corrected chi connectivity index (χ3v) is 4.03. The van der Waals surface area contributed by atoms with Crippen molar-refractivity contribution in [3.05, 3.63) is 65.5 Å². The summed E-state index contributed by atoms with van der Waals surface area (Å²) < 4.78 is 0. The Kier molecular flexibility index (Phi) is 4.42. The molecule has 0 aliphatic carbocycles. The Balaban J connectivity index is 1.82. The smallest absolute Gasteiger partial charge is 0.227 e. The lowest BCUT2D eigenvalue weighted by Gasteiger charge is -2.32. The van der Waals surface area contributed by atoms with Crippen LogP contribution in [0, 0.1) is 6.92 Å². The number of hydrogen-bond donors (Lipinski definition) is 1. The second kappa shape index (κ2) is 6.66. The highest BCUT2D eigenvalue weighted by atomic mass is 16.2. The summed E-state index contributed by atoms with van der Waals surface area (Å²) in [6, 6.07) is 11.2. The number of aryl methyl sites for hydroxylation is 1. The molecule has 122 valence electrons. The number of benzene rings is 1. The molecule has 1 aliphatic rings. The lowest BCUT2D eigenvalue weighted by Crippen LogP contribution is -2.33. The number of carbonyl (C=O) groups is 2. The Morgan fingerprint density at radius 3 is 2.79 bits per heavy atom. The molecular weight excluding hydrogens is 302 g/mol. The zero-order valence-corrected chi connectivity index (χ0v) is 13.7. The van der Waals surface area contributed by atoms with Crippen molar-refractivity contribution in [2.75, 3.05) is 5.32 Å². The highest BCUT2D eigenvalue weighted by Crippen LogP contribution is 2.33. The lowest BCUT2D eigenvalue weighted by atomic mass is 9.93. The van der Waals surface area contributed by atoms with Crippen LogP contribution in [0.5, 0.6) is 0 Å². The first-order valence-electron chi connectivity index (χ1n) is 7.83. The molecule has 1 atom stereocenters. The van der Waals surface area contributed by atoms with Gasteiger partial charge in [0.25, 0.3) is 0 Å². The Bertz CT molecular complexity index is 814. The molecule has 1 unspecified atom stereocenters. The number of anilines is 1. The van der Waals surface area contributed by atoms with Gasteiger partial charge in [-0.25, -0.2) is 4.98 Å². The molecule has 24 heavy (non-hydrogen) atoms. The van der Waals surface area contributed by atoms with Crippen LogP contribution in [-0.4, -0.2) is 21.7 Å². The first kappa shape index (κ1) is 15.9. The minimum Gasteiger partial charge on any atom is -0.311 e. The zero-order chi connectivity index (χ0) is 17.1. The maximum atomic E-state index is 12.5. The monoisotopic (exact) mass is 321 g/mol. The summed E-state index contributed by atoms with van der Waals surface area (Å²) in [6.07, 6.45) is 5.48. The predicted octanol–water partition coefficient (Wildman–Crippen LogP) is 3.29. The van der Waals surface area contributed by atoms with E-state index in [0.29, 0.717) is 5.82 Å². The van der Waals surface area contributed by atoms with Crippen LogP contribution >= 0.6 is 0 Å². The van der Waals surface area contributed by atoms with Gasteiger partial charge in [-0.15, -0.1) is 0 Å². The van der Waals surface area contributed by atoms with E-state index in [9.17, 15) is 9.59 Å². The van der Waals surface area contributed by atoms with Crippen molar-refractivity contribution in [2.45, 2.75) is 26.3 Å². The summed E-state index contributed by atoms with van der Waals surface area (Å²) in [6.45, 7) is 3.45. The van der Waals surface area contributed by atoms with E-state index in [1.165, 1.54) is 6.92 Å². The summed E-state index contributed by atoms with van der Waals surface area (Å²) in [4.78, 5) is 30.1. The van der Waals surface area contributed by atoms with E-state index >= 15 is 0 Å². The van der Waals surface area contributed by atoms with Crippen molar-refractivity contribution >= 4 is 23.7 Å². The molecule has 0 saturated carbocycles. The van der Waals surface area contributed by atoms with Gasteiger partial charge in [-0.05, 0) is 41.8 Å². The number of amides is 2. The van der Waals surface area contributed by atoms with Gasteiger partial charge in [0.2, 0.25) is 11.8 Å². The molecule has 0 fully saturated rings. The molecule has 3 rings (SSSR count). The molecule has 1 aliphatic heterocycles. The molecule has 5 nitrogen and oxygen atoms in total.